The Bertz CT molecular complexity index is 973. The SMILES string of the molecule is COC(=O)c1ccc(S(=O)(=O)N(C)C2c3cc(Cl)cc(Cl)c3CC2O)s1. The van der Waals surface area contributed by atoms with Crippen LogP contribution in [-0.2, 0) is 21.2 Å². The Hall–Kier alpha value is -1.16. The minimum absolute atomic E-state index is 0.0193. The molecule has 2 aromatic rings. The third-order valence-corrected chi connectivity index (χ3v) is 8.21. The van der Waals surface area contributed by atoms with Gasteiger partial charge < -0.3 is 9.84 Å². The van der Waals surface area contributed by atoms with Crippen LogP contribution in [0.2, 0.25) is 10.0 Å². The van der Waals surface area contributed by atoms with Crippen LogP contribution in [0.3, 0.4) is 0 Å². The lowest BCUT2D eigenvalue weighted by molar-refractivity contribution is 0.0606. The van der Waals surface area contributed by atoms with Crippen molar-refractivity contribution in [1.29, 1.82) is 0 Å². The number of hydrogen-bond donors (Lipinski definition) is 1. The van der Waals surface area contributed by atoms with Crippen molar-refractivity contribution in [2.45, 2.75) is 22.8 Å². The van der Waals surface area contributed by atoms with Gasteiger partial charge in [-0.25, -0.2) is 13.2 Å². The molecule has 2 unspecified atom stereocenters. The largest absolute Gasteiger partial charge is 0.465 e. The summed E-state index contributed by atoms with van der Waals surface area (Å²) in [6.07, 6.45) is -0.728. The second-order valence-electron chi connectivity index (χ2n) is 5.80. The van der Waals surface area contributed by atoms with Crippen LogP contribution in [0.4, 0.5) is 0 Å². The molecule has 10 heteroatoms. The molecule has 1 N–H and O–H groups in total. The molecule has 0 spiro atoms. The first-order valence-corrected chi connectivity index (χ1v) is 10.5. The lowest BCUT2D eigenvalue weighted by atomic mass is 10.1. The highest BCUT2D eigenvalue weighted by Crippen LogP contribution is 2.43. The molecule has 1 aliphatic rings. The van der Waals surface area contributed by atoms with Crippen molar-refractivity contribution in [3.05, 3.63) is 50.3 Å². The lowest BCUT2D eigenvalue weighted by Gasteiger charge is -2.26. The van der Waals surface area contributed by atoms with Crippen molar-refractivity contribution in [2.75, 3.05) is 14.2 Å². The molecule has 1 aliphatic carbocycles. The molecular formula is C16H15Cl2NO5S2. The maximum Gasteiger partial charge on any atom is 0.348 e. The molecule has 3 rings (SSSR count). The minimum atomic E-state index is -3.95. The Morgan fingerprint density at radius 2 is 2.04 bits per heavy atom. The summed E-state index contributed by atoms with van der Waals surface area (Å²) < 4.78 is 31.6. The van der Waals surface area contributed by atoms with Gasteiger partial charge >= 0.3 is 5.97 Å². The number of likely N-dealkylation sites (N-methyl/N-ethyl adjacent to an activating group) is 1. The highest BCUT2D eigenvalue weighted by molar-refractivity contribution is 7.91. The van der Waals surface area contributed by atoms with Crippen molar-refractivity contribution in [3.8, 4) is 0 Å². The Labute approximate surface area is 165 Å². The second kappa shape index (κ2) is 7.10. The summed E-state index contributed by atoms with van der Waals surface area (Å²) in [5.41, 5.74) is 1.25. The summed E-state index contributed by atoms with van der Waals surface area (Å²) in [6, 6.07) is 5.09. The van der Waals surface area contributed by atoms with E-state index in [1.165, 1.54) is 26.3 Å². The average molecular weight is 436 g/mol. The Morgan fingerprint density at radius 3 is 2.69 bits per heavy atom. The zero-order valence-corrected chi connectivity index (χ0v) is 16.9. The molecule has 0 bridgehead atoms. The third-order valence-electron chi connectivity index (χ3n) is 4.28. The van der Waals surface area contributed by atoms with Crippen LogP contribution in [0.1, 0.15) is 26.8 Å². The molecule has 0 radical (unpaired) electrons. The quantitative estimate of drug-likeness (QED) is 0.745. The number of aliphatic hydroxyl groups excluding tert-OH is 1. The summed E-state index contributed by atoms with van der Waals surface area (Å²) >= 11 is 13.0. The number of sulfonamides is 1. The summed E-state index contributed by atoms with van der Waals surface area (Å²) in [6.45, 7) is 0. The number of carbonyl (C=O) groups is 1. The van der Waals surface area contributed by atoms with E-state index in [1.807, 2.05) is 0 Å². The van der Waals surface area contributed by atoms with Crippen LogP contribution in [0.15, 0.2) is 28.5 Å². The lowest BCUT2D eigenvalue weighted by Crippen LogP contribution is -2.35. The third kappa shape index (κ3) is 3.26. The minimum Gasteiger partial charge on any atom is -0.465 e. The number of halogens is 2. The molecule has 1 aromatic heterocycles. The van der Waals surface area contributed by atoms with Crippen LogP contribution < -0.4 is 0 Å². The van der Waals surface area contributed by atoms with Crippen molar-refractivity contribution < 1.29 is 23.1 Å². The number of rotatable bonds is 4. The van der Waals surface area contributed by atoms with Crippen LogP contribution in [0.25, 0.3) is 0 Å². The van der Waals surface area contributed by atoms with E-state index in [2.05, 4.69) is 4.74 Å². The van der Waals surface area contributed by atoms with Crippen LogP contribution in [-0.4, -0.2) is 44.1 Å². The number of carbonyl (C=O) groups excluding carboxylic acids is 1. The number of thiophene rings is 1. The molecule has 0 fully saturated rings. The first-order valence-electron chi connectivity index (χ1n) is 7.49. The van der Waals surface area contributed by atoms with Gasteiger partial charge in [-0.3, -0.25) is 0 Å². The van der Waals surface area contributed by atoms with Crippen molar-refractivity contribution in [3.63, 3.8) is 0 Å². The molecule has 2 atom stereocenters. The summed E-state index contributed by atoms with van der Waals surface area (Å²) in [4.78, 5) is 11.8. The molecule has 0 saturated heterocycles. The van der Waals surface area contributed by atoms with E-state index >= 15 is 0 Å². The monoisotopic (exact) mass is 435 g/mol. The van der Waals surface area contributed by atoms with Gasteiger partial charge in [-0.2, -0.15) is 4.31 Å². The van der Waals surface area contributed by atoms with Gasteiger partial charge in [0.1, 0.15) is 9.09 Å². The van der Waals surface area contributed by atoms with Gasteiger partial charge in [-0.05, 0) is 35.4 Å². The molecule has 26 heavy (non-hydrogen) atoms. The van der Waals surface area contributed by atoms with Gasteiger partial charge in [-0.1, -0.05) is 23.2 Å². The maximum atomic E-state index is 13.0. The Balaban J connectivity index is 2.00. The standard InChI is InChI=1S/C16H15Cl2NO5S2/c1-19(26(22,23)14-4-3-13(25-14)16(21)24-2)15-10-5-8(17)6-11(18)9(10)7-12(15)20/h3-6,12,15,20H,7H2,1-2H3. The number of nitrogens with zero attached hydrogens (tertiary/aromatic N) is 1. The molecule has 140 valence electrons. The number of benzene rings is 1. The van der Waals surface area contributed by atoms with E-state index < -0.39 is 28.1 Å². The number of hydrogen-bond acceptors (Lipinski definition) is 6. The van der Waals surface area contributed by atoms with Crippen LogP contribution in [0, 0.1) is 0 Å². The highest BCUT2D eigenvalue weighted by Gasteiger charge is 2.41. The van der Waals surface area contributed by atoms with Gasteiger partial charge in [0.25, 0.3) is 10.0 Å². The topological polar surface area (TPSA) is 83.9 Å². The van der Waals surface area contributed by atoms with Gasteiger partial charge in [0, 0.05) is 23.5 Å². The average Bonchev–Trinajstić information content (AvgIpc) is 3.18. The van der Waals surface area contributed by atoms with Crippen molar-refractivity contribution >= 4 is 50.5 Å². The van der Waals surface area contributed by atoms with Gasteiger partial charge in [-0.15, -0.1) is 11.3 Å². The van der Waals surface area contributed by atoms with E-state index in [-0.39, 0.29) is 15.5 Å². The van der Waals surface area contributed by atoms with Crippen molar-refractivity contribution in [1.82, 2.24) is 4.31 Å². The predicted octanol–water partition coefficient (Wildman–Crippen LogP) is 3.12. The normalized spacial score (nSPS) is 19.6. The summed E-state index contributed by atoms with van der Waals surface area (Å²) in [5.74, 6) is -0.607. The Kier molecular flexibility index (Phi) is 5.35. The highest BCUT2D eigenvalue weighted by atomic mass is 35.5. The molecule has 6 nitrogen and oxygen atoms in total. The van der Waals surface area contributed by atoms with Gasteiger partial charge in [0.2, 0.25) is 0 Å². The Morgan fingerprint density at radius 1 is 1.35 bits per heavy atom. The zero-order chi connectivity index (χ0) is 19.2. The van der Waals surface area contributed by atoms with Crippen LogP contribution in [0.5, 0.6) is 0 Å². The van der Waals surface area contributed by atoms with Crippen molar-refractivity contribution in [2.24, 2.45) is 0 Å². The summed E-state index contributed by atoms with van der Waals surface area (Å²) in [7, 11) is -1.34. The number of ether oxygens (including phenoxy) is 1. The van der Waals surface area contributed by atoms with E-state index in [0.29, 0.717) is 21.2 Å². The molecule has 0 saturated carbocycles. The van der Waals surface area contributed by atoms with E-state index in [1.54, 1.807) is 12.1 Å². The fraction of sp³-hybridized carbons (Fsp3) is 0.312. The first kappa shape index (κ1) is 19.6. The first-order chi connectivity index (χ1) is 12.2. The maximum absolute atomic E-state index is 13.0. The van der Waals surface area contributed by atoms with Gasteiger partial charge in [0.05, 0.1) is 19.3 Å². The molecule has 1 heterocycles. The second-order valence-corrected chi connectivity index (χ2v) is 9.95. The van der Waals surface area contributed by atoms with E-state index in [9.17, 15) is 18.3 Å². The summed E-state index contributed by atoms with van der Waals surface area (Å²) in [5, 5.41) is 11.2. The number of methoxy groups -OCH3 is 1. The fourth-order valence-corrected chi connectivity index (χ4v) is 6.39. The molecule has 0 aliphatic heterocycles. The van der Waals surface area contributed by atoms with E-state index in [0.717, 1.165) is 15.6 Å². The van der Waals surface area contributed by atoms with Crippen LogP contribution >= 0.6 is 34.5 Å². The smallest absolute Gasteiger partial charge is 0.348 e. The number of esters is 1. The fourth-order valence-electron chi connectivity index (χ4n) is 3.03. The molecule has 0 amide bonds. The predicted molar refractivity (Wildman–Crippen MR) is 99.5 cm³/mol. The number of fused-ring (bicyclic) bond motifs is 1. The molecular weight excluding hydrogens is 421 g/mol. The molecule has 1 aromatic carbocycles. The number of aliphatic hydroxyl groups is 1. The van der Waals surface area contributed by atoms with Gasteiger partial charge in [0.15, 0.2) is 0 Å². The zero-order valence-electron chi connectivity index (χ0n) is 13.8. The van der Waals surface area contributed by atoms with E-state index in [4.69, 9.17) is 23.2 Å².